The van der Waals surface area contributed by atoms with Crippen LogP contribution in [-0.4, -0.2) is 40.5 Å². The lowest BCUT2D eigenvalue weighted by Gasteiger charge is -2.26. The molecule has 1 amide bonds. The number of thiazole rings is 1. The number of hydrogen-bond donors (Lipinski definition) is 0. The molecule has 0 aromatic carbocycles. The Morgan fingerprint density at radius 2 is 2.14 bits per heavy atom. The summed E-state index contributed by atoms with van der Waals surface area (Å²) in [7, 11) is 1.78. The summed E-state index contributed by atoms with van der Waals surface area (Å²) < 4.78 is 0. The number of anilines is 2. The molecule has 0 aliphatic carbocycles. The first kappa shape index (κ1) is 13.9. The van der Waals surface area contributed by atoms with Gasteiger partial charge in [-0.25, -0.2) is 15.0 Å². The molecule has 1 atom stereocenters. The summed E-state index contributed by atoms with van der Waals surface area (Å²) in [5.74, 6) is 0.673. The summed E-state index contributed by atoms with van der Waals surface area (Å²) in [5, 5.41) is 0.735. The van der Waals surface area contributed by atoms with Crippen molar-refractivity contribution in [2.45, 2.75) is 25.8 Å². The van der Waals surface area contributed by atoms with Crippen LogP contribution in [0.1, 0.15) is 17.7 Å². The zero-order chi connectivity index (χ0) is 14.8. The third kappa shape index (κ3) is 2.73. The van der Waals surface area contributed by atoms with Crippen molar-refractivity contribution in [3.63, 3.8) is 0 Å². The standard InChI is InChI=1S/C14H17N5OS/c1-10-9-17-14(21-10)18(2)12(20)11-5-3-8-19(11)13-15-6-4-7-16-13/h4,6-7,9,11H,3,5,8H2,1-2H3. The van der Waals surface area contributed by atoms with Crippen LogP contribution in [0, 0.1) is 6.92 Å². The van der Waals surface area contributed by atoms with Gasteiger partial charge in [0.1, 0.15) is 6.04 Å². The van der Waals surface area contributed by atoms with Crippen LogP contribution in [0.4, 0.5) is 11.1 Å². The predicted molar refractivity (Wildman–Crippen MR) is 82.7 cm³/mol. The van der Waals surface area contributed by atoms with E-state index >= 15 is 0 Å². The molecule has 0 N–H and O–H groups in total. The van der Waals surface area contributed by atoms with Crippen LogP contribution in [0.3, 0.4) is 0 Å². The van der Waals surface area contributed by atoms with Gasteiger partial charge in [-0.3, -0.25) is 9.69 Å². The predicted octanol–water partition coefficient (Wildman–Crippen LogP) is 1.87. The van der Waals surface area contributed by atoms with Crippen LogP contribution in [0.15, 0.2) is 24.7 Å². The Morgan fingerprint density at radius 1 is 1.38 bits per heavy atom. The molecule has 1 aliphatic heterocycles. The molecule has 2 aromatic heterocycles. The number of likely N-dealkylation sites (N-methyl/N-ethyl adjacent to an activating group) is 1. The normalized spacial score (nSPS) is 18.0. The van der Waals surface area contributed by atoms with Gasteiger partial charge < -0.3 is 4.90 Å². The van der Waals surface area contributed by atoms with E-state index in [1.807, 2.05) is 11.8 Å². The molecule has 0 radical (unpaired) electrons. The zero-order valence-corrected chi connectivity index (χ0v) is 12.9. The van der Waals surface area contributed by atoms with Gasteiger partial charge in [-0.05, 0) is 25.8 Å². The number of hydrogen-bond acceptors (Lipinski definition) is 6. The Labute approximate surface area is 127 Å². The van der Waals surface area contributed by atoms with Gasteiger partial charge in [-0.2, -0.15) is 0 Å². The van der Waals surface area contributed by atoms with Gasteiger partial charge in [-0.1, -0.05) is 0 Å². The second-order valence-corrected chi connectivity index (χ2v) is 6.26. The number of nitrogens with zero attached hydrogens (tertiary/aromatic N) is 5. The van der Waals surface area contributed by atoms with Crippen molar-refractivity contribution in [1.29, 1.82) is 0 Å². The van der Waals surface area contributed by atoms with Crippen LogP contribution < -0.4 is 9.80 Å². The van der Waals surface area contributed by atoms with E-state index in [-0.39, 0.29) is 11.9 Å². The maximum atomic E-state index is 12.7. The molecule has 21 heavy (non-hydrogen) atoms. The highest BCUT2D eigenvalue weighted by Gasteiger charge is 2.35. The highest BCUT2D eigenvalue weighted by molar-refractivity contribution is 7.15. The summed E-state index contributed by atoms with van der Waals surface area (Å²) in [4.78, 5) is 30.3. The average molecular weight is 303 g/mol. The monoisotopic (exact) mass is 303 g/mol. The van der Waals surface area contributed by atoms with Crippen LogP contribution in [0.25, 0.3) is 0 Å². The summed E-state index contributed by atoms with van der Waals surface area (Å²) in [6.07, 6.45) is 6.99. The van der Waals surface area contributed by atoms with E-state index in [0.29, 0.717) is 5.95 Å². The number of carbonyl (C=O) groups is 1. The molecule has 7 heteroatoms. The summed E-state index contributed by atoms with van der Waals surface area (Å²) in [5.41, 5.74) is 0. The van der Waals surface area contributed by atoms with Gasteiger partial charge in [0.25, 0.3) is 5.91 Å². The zero-order valence-electron chi connectivity index (χ0n) is 12.1. The largest absolute Gasteiger partial charge is 0.329 e. The first-order valence-electron chi connectivity index (χ1n) is 6.90. The lowest BCUT2D eigenvalue weighted by atomic mass is 10.2. The molecule has 1 saturated heterocycles. The molecular formula is C14H17N5OS. The molecule has 110 valence electrons. The van der Waals surface area contributed by atoms with Gasteiger partial charge in [-0.15, -0.1) is 11.3 Å². The highest BCUT2D eigenvalue weighted by atomic mass is 32.1. The van der Waals surface area contributed by atoms with Crippen LogP contribution in [0.5, 0.6) is 0 Å². The molecule has 0 spiro atoms. The Morgan fingerprint density at radius 3 is 2.81 bits per heavy atom. The highest BCUT2D eigenvalue weighted by Crippen LogP contribution is 2.26. The number of carbonyl (C=O) groups excluding carboxylic acids is 1. The van der Waals surface area contributed by atoms with Crippen molar-refractivity contribution in [2.75, 3.05) is 23.4 Å². The van der Waals surface area contributed by atoms with E-state index in [2.05, 4.69) is 15.0 Å². The minimum absolute atomic E-state index is 0.0503. The first-order chi connectivity index (χ1) is 10.2. The van der Waals surface area contributed by atoms with Crippen LogP contribution >= 0.6 is 11.3 Å². The Kier molecular flexibility index (Phi) is 3.83. The molecule has 1 aliphatic rings. The molecule has 3 heterocycles. The third-order valence-electron chi connectivity index (χ3n) is 3.57. The lowest BCUT2D eigenvalue weighted by Crippen LogP contribution is -2.45. The van der Waals surface area contributed by atoms with Crippen molar-refractivity contribution in [3.8, 4) is 0 Å². The van der Waals surface area contributed by atoms with E-state index in [1.165, 1.54) is 11.3 Å². The van der Waals surface area contributed by atoms with E-state index < -0.39 is 0 Å². The van der Waals surface area contributed by atoms with E-state index in [9.17, 15) is 4.79 Å². The van der Waals surface area contributed by atoms with E-state index in [4.69, 9.17) is 0 Å². The molecule has 1 fully saturated rings. The molecule has 3 rings (SSSR count). The van der Waals surface area contributed by atoms with Gasteiger partial charge in [0.2, 0.25) is 5.95 Å². The third-order valence-corrected chi connectivity index (χ3v) is 4.56. The van der Waals surface area contributed by atoms with E-state index in [0.717, 1.165) is 29.4 Å². The summed E-state index contributed by atoms with van der Waals surface area (Å²) >= 11 is 1.52. The summed E-state index contributed by atoms with van der Waals surface area (Å²) in [6.45, 7) is 2.80. The molecule has 6 nitrogen and oxygen atoms in total. The van der Waals surface area contributed by atoms with Crippen molar-refractivity contribution < 1.29 is 4.79 Å². The molecule has 0 saturated carbocycles. The van der Waals surface area contributed by atoms with Crippen molar-refractivity contribution in [3.05, 3.63) is 29.5 Å². The molecular weight excluding hydrogens is 286 g/mol. The SMILES string of the molecule is Cc1cnc(N(C)C(=O)C2CCCN2c2ncccn2)s1. The smallest absolute Gasteiger partial charge is 0.251 e. The minimum atomic E-state index is -0.207. The fourth-order valence-electron chi connectivity index (χ4n) is 2.52. The maximum absolute atomic E-state index is 12.7. The van der Waals surface area contributed by atoms with E-state index in [1.54, 1.807) is 36.6 Å². The number of aryl methyl sites for hydroxylation is 1. The van der Waals surface area contributed by atoms with Gasteiger partial charge in [0.15, 0.2) is 5.13 Å². The molecule has 2 aromatic rings. The van der Waals surface area contributed by atoms with Crippen LogP contribution in [-0.2, 0) is 4.79 Å². The molecule has 1 unspecified atom stereocenters. The second-order valence-electron chi connectivity index (χ2n) is 5.05. The van der Waals surface area contributed by atoms with Crippen LogP contribution in [0.2, 0.25) is 0 Å². The van der Waals surface area contributed by atoms with Crippen molar-refractivity contribution in [1.82, 2.24) is 15.0 Å². The van der Waals surface area contributed by atoms with Crippen molar-refractivity contribution in [2.24, 2.45) is 0 Å². The Balaban J connectivity index is 1.80. The Hall–Kier alpha value is -2.02. The Bertz CT molecular complexity index is 629. The first-order valence-corrected chi connectivity index (χ1v) is 7.72. The second kappa shape index (κ2) is 5.77. The van der Waals surface area contributed by atoms with Crippen molar-refractivity contribution >= 4 is 28.3 Å². The van der Waals surface area contributed by atoms with Gasteiger partial charge in [0, 0.05) is 37.1 Å². The maximum Gasteiger partial charge on any atom is 0.251 e. The van der Waals surface area contributed by atoms with Gasteiger partial charge >= 0.3 is 0 Å². The number of rotatable bonds is 3. The minimum Gasteiger partial charge on any atom is -0.329 e. The molecule has 0 bridgehead atoms. The average Bonchev–Trinajstić information content (AvgIpc) is 3.15. The fraction of sp³-hybridized carbons (Fsp3) is 0.429. The number of aromatic nitrogens is 3. The number of amides is 1. The van der Waals surface area contributed by atoms with Gasteiger partial charge in [0.05, 0.1) is 0 Å². The topological polar surface area (TPSA) is 62.2 Å². The quantitative estimate of drug-likeness (QED) is 0.866. The summed E-state index contributed by atoms with van der Waals surface area (Å²) in [6, 6.07) is 1.57. The lowest BCUT2D eigenvalue weighted by molar-refractivity contribution is -0.119. The fourth-order valence-corrected chi connectivity index (χ4v) is 3.24.